The fourth-order valence-electron chi connectivity index (χ4n) is 2.43. The summed E-state index contributed by atoms with van der Waals surface area (Å²) in [5.74, 6) is 1.39. The van der Waals surface area contributed by atoms with Crippen LogP contribution in [0.25, 0.3) is 5.82 Å². The number of alkyl halides is 3. The molecule has 2 N–H and O–H groups in total. The first kappa shape index (κ1) is 19.3. The van der Waals surface area contributed by atoms with Gasteiger partial charge in [0.05, 0.1) is 5.56 Å². The van der Waals surface area contributed by atoms with Gasteiger partial charge in [0.2, 0.25) is 0 Å². The molecule has 10 heteroatoms. The summed E-state index contributed by atoms with van der Waals surface area (Å²) in [6.45, 7) is 2.40. The van der Waals surface area contributed by atoms with Crippen LogP contribution in [0.5, 0.6) is 0 Å². The highest BCUT2D eigenvalue weighted by Gasteiger charge is 2.32. The minimum Gasteiger partial charge on any atom is -0.368 e. The van der Waals surface area contributed by atoms with Gasteiger partial charge in [0.25, 0.3) is 5.91 Å². The predicted molar refractivity (Wildman–Crippen MR) is 96.2 cm³/mol. The van der Waals surface area contributed by atoms with E-state index in [1.807, 2.05) is 29.1 Å². The molecule has 3 aromatic rings. The van der Waals surface area contributed by atoms with Gasteiger partial charge in [-0.1, -0.05) is 0 Å². The van der Waals surface area contributed by atoms with Crippen LogP contribution in [-0.4, -0.2) is 38.5 Å². The van der Waals surface area contributed by atoms with Gasteiger partial charge in [-0.25, -0.2) is 9.97 Å². The minimum absolute atomic E-state index is 0.0563. The van der Waals surface area contributed by atoms with E-state index >= 15 is 0 Å². The summed E-state index contributed by atoms with van der Waals surface area (Å²) in [6.07, 6.45) is 0.102. The number of hydrogen-bond donors (Lipinski definition) is 2. The molecular weight excluding hydrogens is 373 g/mol. The topological polar surface area (TPSA) is 84.7 Å². The van der Waals surface area contributed by atoms with E-state index in [1.54, 1.807) is 13.0 Å². The lowest BCUT2D eigenvalue weighted by molar-refractivity contribution is -0.141. The lowest BCUT2D eigenvalue weighted by Crippen LogP contribution is -2.29. The summed E-state index contributed by atoms with van der Waals surface area (Å²) < 4.78 is 39.3. The largest absolute Gasteiger partial charge is 0.433 e. The maximum atomic E-state index is 12.5. The van der Waals surface area contributed by atoms with Crippen molar-refractivity contribution in [1.29, 1.82) is 0 Å². The predicted octanol–water partition coefficient (Wildman–Crippen LogP) is 2.83. The Balaban J connectivity index is 1.52. The Kier molecular flexibility index (Phi) is 5.57. The molecule has 0 aromatic carbocycles. The van der Waals surface area contributed by atoms with E-state index in [0.29, 0.717) is 24.0 Å². The van der Waals surface area contributed by atoms with Crippen molar-refractivity contribution in [3.63, 3.8) is 0 Å². The van der Waals surface area contributed by atoms with Gasteiger partial charge in [0.15, 0.2) is 0 Å². The first-order valence-electron chi connectivity index (χ1n) is 8.37. The molecule has 7 nitrogen and oxygen atoms in total. The average molecular weight is 390 g/mol. The van der Waals surface area contributed by atoms with Crippen LogP contribution in [0, 0.1) is 6.92 Å². The monoisotopic (exact) mass is 390 g/mol. The second kappa shape index (κ2) is 8.07. The quantitative estimate of drug-likeness (QED) is 0.633. The zero-order valence-electron chi connectivity index (χ0n) is 14.9. The molecule has 3 aromatic heterocycles. The number of carbonyl (C=O) groups excluding carboxylic acids is 1. The number of carbonyl (C=O) groups is 1. The van der Waals surface area contributed by atoms with Gasteiger partial charge >= 0.3 is 6.18 Å². The SMILES string of the molecule is Cc1nc(NCCNC(=O)c2ccc(C(F)(F)F)nc2)cc(-n2cccc2)n1. The number of halogens is 3. The van der Waals surface area contributed by atoms with Crippen LogP contribution >= 0.6 is 0 Å². The maximum Gasteiger partial charge on any atom is 0.433 e. The molecule has 0 fully saturated rings. The molecule has 1 amide bonds. The van der Waals surface area contributed by atoms with E-state index in [1.165, 1.54) is 0 Å². The highest BCUT2D eigenvalue weighted by Crippen LogP contribution is 2.27. The summed E-state index contributed by atoms with van der Waals surface area (Å²) in [4.78, 5) is 23.9. The molecule has 0 saturated carbocycles. The lowest BCUT2D eigenvalue weighted by Gasteiger charge is -2.10. The first-order chi connectivity index (χ1) is 13.3. The highest BCUT2D eigenvalue weighted by atomic mass is 19.4. The van der Waals surface area contributed by atoms with E-state index in [2.05, 4.69) is 25.6 Å². The summed E-state index contributed by atoms with van der Waals surface area (Å²) >= 11 is 0. The van der Waals surface area contributed by atoms with Crippen molar-refractivity contribution in [2.45, 2.75) is 13.1 Å². The number of aryl methyl sites for hydroxylation is 1. The zero-order valence-corrected chi connectivity index (χ0v) is 14.9. The third kappa shape index (κ3) is 4.84. The minimum atomic E-state index is -4.53. The maximum absolute atomic E-state index is 12.5. The fraction of sp³-hybridized carbons (Fsp3) is 0.222. The molecule has 0 radical (unpaired) electrons. The summed E-state index contributed by atoms with van der Waals surface area (Å²) in [6, 6.07) is 7.41. The van der Waals surface area contributed by atoms with Crippen molar-refractivity contribution in [3.05, 3.63) is 66.0 Å². The van der Waals surface area contributed by atoms with Crippen LogP contribution in [0.4, 0.5) is 19.0 Å². The second-order valence-electron chi connectivity index (χ2n) is 5.86. The third-order valence-electron chi connectivity index (χ3n) is 3.73. The molecule has 0 atom stereocenters. The molecule has 0 aliphatic carbocycles. The van der Waals surface area contributed by atoms with Crippen LogP contribution < -0.4 is 10.6 Å². The van der Waals surface area contributed by atoms with Gasteiger partial charge in [0, 0.05) is 37.7 Å². The van der Waals surface area contributed by atoms with Gasteiger partial charge in [-0.05, 0) is 31.2 Å². The molecule has 0 bridgehead atoms. The van der Waals surface area contributed by atoms with Crippen LogP contribution in [0.2, 0.25) is 0 Å². The molecule has 28 heavy (non-hydrogen) atoms. The van der Waals surface area contributed by atoms with Crippen LogP contribution in [0.15, 0.2) is 48.9 Å². The highest BCUT2D eigenvalue weighted by molar-refractivity contribution is 5.93. The molecule has 0 aliphatic heterocycles. The number of amides is 1. The van der Waals surface area contributed by atoms with Crippen molar-refractivity contribution < 1.29 is 18.0 Å². The van der Waals surface area contributed by atoms with Crippen LogP contribution in [0.3, 0.4) is 0 Å². The molecule has 0 unspecified atom stereocenters. The van der Waals surface area contributed by atoms with Crippen molar-refractivity contribution in [3.8, 4) is 5.82 Å². The van der Waals surface area contributed by atoms with Crippen molar-refractivity contribution in [2.24, 2.45) is 0 Å². The van der Waals surface area contributed by atoms with Gasteiger partial charge in [0.1, 0.15) is 23.2 Å². The normalized spacial score (nSPS) is 11.3. The van der Waals surface area contributed by atoms with Gasteiger partial charge in [-0.2, -0.15) is 13.2 Å². The van der Waals surface area contributed by atoms with Gasteiger partial charge in [-0.15, -0.1) is 0 Å². The van der Waals surface area contributed by atoms with E-state index in [-0.39, 0.29) is 12.1 Å². The summed E-state index contributed by atoms with van der Waals surface area (Å²) in [7, 11) is 0. The van der Waals surface area contributed by atoms with E-state index in [9.17, 15) is 18.0 Å². The number of nitrogens with zero attached hydrogens (tertiary/aromatic N) is 4. The number of anilines is 1. The smallest absolute Gasteiger partial charge is 0.368 e. The summed E-state index contributed by atoms with van der Waals surface area (Å²) in [5, 5.41) is 5.69. The number of pyridine rings is 1. The number of aromatic nitrogens is 4. The molecule has 146 valence electrons. The molecule has 0 saturated heterocycles. The first-order valence-corrected chi connectivity index (χ1v) is 8.37. The van der Waals surface area contributed by atoms with Gasteiger partial charge < -0.3 is 15.2 Å². The lowest BCUT2D eigenvalue weighted by atomic mass is 10.2. The Labute approximate surface area is 158 Å². The second-order valence-corrected chi connectivity index (χ2v) is 5.86. The van der Waals surface area contributed by atoms with E-state index < -0.39 is 17.8 Å². The molecule has 0 spiro atoms. The Bertz CT molecular complexity index is 939. The number of rotatable bonds is 6. The van der Waals surface area contributed by atoms with Crippen LogP contribution in [0.1, 0.15) is 21.9 Å². The standard InChI is InChI=1S/C18H17F3N6O/c1-12-25-15(10-16(26-12)27-8-2-3-9-27)22-6-7-23-17(28)13-4-5-14(24-11-13)18(19,20)21/h2-5,8-11H,6-7H2,1H3,(H,23,28)(H,22,25,26). The molecule has 3 heterocycles. The van der Waals surface area contributed by atoms with Crippen molar-refractivity contribution >= 4 is 11.7 Å². The fourth-order valence-corrected chi connectivity index (χ4v) is 2.43. The third-order valence-corrected chi connectivity index (χ3v) is 3.73. The Morgan fingerprint density at radius 2 is 1.89 bits per heavy atom. The molecule has 3 rings (SSSR count). The van der Waals surface area contributed by atoms with Gasteiger partial charge in [-0.3, -0.25) is 9.78 Å². The summed E-state index contributed by atoms with van der Waals surface area (Å²) in [5.41, 5.74) is -0.982. The Morgan fingerprint density at radius 1 is 1.14 bits per heavy atom. The Morgan fingerprint density at radius 3 is 2.54 bits per heavy atom. The van der Waals surface area contributed by atoms with E-state index in [0.717, 1.165) is 18.3 Å². The zero-order chi connectivity index (χ0) is 20.1. The molecule has 0 aliphatic rings. The van der Waals surface area contributed by atoms with Crippen molar-refractivity contribution in [1.82, 2.24) is 24.8 Å². The molecular formula is C18H17F3N6O. The number of hydrogen-bond acceptors (Lipinski definition) is 5. The average Bonchev–Trinajstić information content (AvgIpc) is 3.19. The number of nitrogens with one attached hydrogen (secondary N) is 2. The van der Waals surface area contributed by atoms with E-state index in [4.69, 9.17) is 0 Å². The van der Waals surface area contributed by atoms with Crippen molar-refractivity contribution in [2.75, 3.05) is 18.4 Å². The van der Waals surface area contributed by atoms with Crippen LogP contribution in [-0.2, 0) is 6.18 Å². The Hall–Kier alpha value is -3.43.